The maximum Gasteiger partial charge on any atom is 0.293 e. The minimum absolute atomic E-state index is 0.184. The second-order valence-electron chi connectivity index (χ2n) is 6.74. The lowest BCUT2D eigenvalue weighted by molar-refractivity contribution is 0.0963. The van der Waals surface area contributed by atoms with Crippen molar-refractivity contribution in [3.05, 3.63) is 77.7 Å². The summed E-state index contributed by atoms with van der Waals surface area (Å²) in [5, 5.41) is 0. The number of anilines is 2. The molecule has 0 unspecified atom stereocenters. The predicted octanol–water partition coefficient (Wildman–Crippen LogP) is 3.43. The third-order valence-corrected chi connectivity index (χ3v) is 5.98. The zero-order valence-electron chi connectivity index (χ0n) is 15.8. The van der Waals surface area contributed by atoms with Crippen LogP contribution < -0.4 is 14.4 Å². The molecule has 29 heavy (non-hydrogen) atoms. The Morgan fingerprint density at radius 1 is 1.17 bits per heavy atom. The SMILES string of the molecule is COc1cccc(CS(=O)(=O)Nc2ccc3c(c2)N(C(=O)c2ccco2)CC3)c1. The van der Waals surface area contributed by atoms with Gasteiger partial charge in [0, 0.05) is 12.2 Å². The fraction of sp³-hybridized carbons (Fsp3) is 0.190. The summed E-state index contributed by atoms with van der Waals surface area (Å²) in [4.78, 5) is 14.3. The summed E-state index contributed by atoms with van der Waals surface area (Å²) in [7, 11) is -2.10. The molecule has 0 radical (unpaired) electrons. The van der Waals surface area contributed by atoms with E-state index in [1.54, 1.807) is 53.4 Å². The first-order chi connectivity index (χ1) is 13.9. The number of hydrogen-bond acceptors (Lipinski definition) is 5. The molecule has 0 spiro atoms. The summed E-state index contributed by atoms with van der Waals surface area (Å²) in [5.41, 5.74) is 2.70. The maximum absolute atomic E-state index is 12.7. The molecule has 0 fully saturated rings. The molecule has 0 atom stereocenters. The Hall–Kier alpha value is -3.26. The van der Waals surface area contributed by atoms with E-state index < -0.39 is 10.0 Å². The molecule has 1 N–H and O–H groups in total. The van der Waals surface area contributed by atoms with E-state index in [-0.39, 0.29) is 17.4 Å². The van der Waals surface area contributed by atoms with Gasteiger partial charge in [-0.2, -0.15) is 0 Å². The molecule has 2 heterocycles. The minimum Gasteiger partial charge on any atom is -0.497 e. The van der Waals surface area contributed by atoms with Gasteiger partial charge in [-0.15, -0.1) is 0 Å². The van der Waals surface area contributed by atoms with Crippen molar-refractivity contribution in [2.45, 2.75) is 12.2 Å². The second-order valence-corrected chi connectivity index (χ2v) is 8.46. The van der Waals surface area contributed by atoms with Crippen LogP contribution in [0.3, 0.4) is 0 Å². The standard InChI is InChI=1S/C21H20N2O5S/c1-27-18-5-2-4-15(12-18)14-29(25,26)22-17-8-7-16-9-10-23(19(16)13-17)21(24)20-6-3-11-28-20/h2-8,11-13,22H,9-10,14H2,1H3. The summed E-state index contributed by atoms with van der Waals surface area (Å²) in [6.45, 7) is 0.523. The smallest absolute Gasteiger partial charge is 0.293 e. The first kappa shape index (κ1) is 19.1. The van der Waals surface area contributed by atoms with Crippen LogP contribution in [0.4, 0.5) is 11.4 Å². The van der Waals surface area contributed by atoms with Crippen LogP contribution in [0.25, 0.3) is 0 Å². The van der Waals surface area contributed by atoms with Crippen molar-refractivity contribution >= 4 is 27.3 Å². The van der Waals surface area contributed by atoms with Crippen LogP contribution >= 0.6 is 0 Å². The summed E-state index contributed by atoms with van der Waals surface area (Å²) >= 11 is 0. The molecule has 0 aliphatic carbocycles. The fourth-order valence-electron chi connectivity index (χ4n) is 3.38. The Kier molecular flexibility index (Phi) is 5.02. The quantitative estimate of drug-likeness (QED) is 0.670. The van der Waals surface area contributed by atoms with E-state index in [1.165, 1.54) is 13.4 Å². The van der Waals surface area contributed by atoms with E-state index in [0.29, 0.717) is 35.7 Å². The molecule has 2 aromatic carbocycles. The number of methoxy groups -OCH3 is 1. The molecular formula is C21H20N2O5S. The Balaban J connectivity index is 1.54. The van der Waals surface area contributed by atoms with Crippen molar-refractivity contribution in [1.29, 1.82) is 0 Å². The highest BCUT2D eigenvalue weighted by molar-refractivity contribution is 7.91. The van der Waals surface area contributed by atoms with Gasteiger partial charge in [-0.05, 0) is 53.9 Å². The number of ether oxygens (including phenoxy) is 1. The number of benzene rings is 2. The normalized spacial score (nSPS) is 13.2. The molecule has 1 aromatic heterocycles. The summed E-state index contributed by atoms with van der Waals surface area (Å²) < 4.78 is 38.2. The summed E-state index contributed by atoms with van der Waals surface area (Å²) in [6.07, 6.45) is 2.16. The lowest BCUT2D eigenvalue weighted by Gasteiger charge is -2.17. The predicted molar refractivity (Wildman–Crippen MR) is 110 cm³/mol. The van der Waals surface area contributed by atoms with Gasteiger partial charge in [0.1, 0.15) is 5.75 Å². The second kappa shape index (κ2) is 7.63. The molecule has 7 nitrogen and oxygen atoms in total. The first-order valence-electron chi connectivity index (χ1n) is 9.07. The molecule has 4 rings (SSSR count). The number of rotatable bonds is 6. The molecule has 1 aliphatic heterocycles. The van der Waals surface area contributed by atoms with Crippen molar-refractivity contribution in [1.82, 2.24) is 0 Å². The third-order valence-electron chi connectivity index (χ3n) is 4.72. The summed E-state index contributed by atoms with van der Waals surface area (Å²) in [5.74, 6) is 0.422. The molecule has 1 aliphatic rings. The van der Waals surface area contributed by atoms with Crippen molar-refractivity contribution < 1.29 is 22.4 Å². The van der Waals surface area contributed by atoms with Crippen LogP contribution in [-0.2, 0) is 22.2 Å². The lowest BCUT2D eigenvalue weighted by Crippen LogP contribution is -2.28. The number of carbonyl (C=O) groups excluding carboxylic acids is 1. The van der Waals surface area contributed by atoms with Gasteiger partial charge < -0.3 is 14.1 Å². The Morgan fingerprint density at radius 3 is 2.79 bits per heavy atom. The van der Waals surface area contributed by atoms with Gasteiger partial charge in [0.2, 0.25) is 10.0 Å². The van der Waals surface area contributed by atoms with Crippen molar-refractivity contribution in [3.8, 4) is 5.75 Å². The van der Waals surface area contributed by atoms with E-state index in [2.05, 4.69) is 4.72 Å². The Labute approximate surface area is 169 Å². The highest BCUT2D eigenvalue weighted by Crippen LogP contribution is 2.32. The van der Waals surface area contributed by atoms with Gasteiger partial charge in [-0.3, -0.25) is 9.52 Å². The summed E-state index contributed by atoms with van der Waals surface area (Å²) in [6, 6.07) is 15.4. The van der Waals surface area contributed by atoms with Crippen LogP contribution in [-0.4, -0.2) is 28.0 Å². The van der Waals surface area contributed by atoms with Crippen molar-refractivity contribution in [2.75, 3.05) is 23.3 Å². The average molecular weight is 412 g/mol. The fourth-order valence-corrected chi connectivity index (χ4v) is 4.56. The number of nitrogens with zero attached hydrogens (tertiary/aromatic N) is 1. The number of fused-ring (bicyclic) bond motifs is 1. The van der Waals surface area contributed by atoms with Crippen LogP contribution in [0, 0.1) is 0 Å². The topological polar surface area (TPSA) is 88.9 Å². The Bertz CT molecular complexity index is 1140. The van der Waals surface area contributed by atoms with E-state index in [4.69, 9.17) is 9.15 Å². The van der Waals surface area contributed by atoms with Crippen LogP contribution in [0.5, 0.6) is 5.75 Å². The average Bonchev–Trinajstić information content (AvgIpc) is 3.37. The van der Waals surface area contributed by atoms with E-state index in [9.17, 15) is 13.2 Å². The maximum atomic E-state index is 12.7. The molecule has 0 bridgehead atoms. The van der Waals surface area contributed by atoms with Crippen LogP contribution in [0.15, 0.2) is 65.3 Å². The molecule has 0 saturated carbocycles. The minimum atomic E-state index is -3.64. The largest absolute Gasteiger partial charge is 0.497 e. The van der Waals surface area contributed by atoms with Gasteiger partial charge in [-0.1, -0.05) is 18.2 Å². The highest BCUT2D eigenvalue weighted by Gasteiger charge is 2.27. The molecular weight excluding hydrogens is 392 g/mol. The molecule has 1 amide bonds. The van der Waals surface area contributed by atoms with Crippen molar-refractivity contribution in [2.24, 2.45) is 0 Å². The van der Waals surface area contributed by atoms with Gasteiger partial charge in [0.15, 0.2) is 5.76 Å². The van der Waals surface area contributed by atoms with Gasteiger partial charge in [-0.25, -0.2) is 8.42 Å². The molecule has 150 valence electrons. The number of amides is 1. The van der Waals surface area contributed by atoms with Crippen LogP contribution in [0.2, 0.25) is 0 Å². The van der Waals surface area contributed by atoms with Gasteiger partial charge in [0.05, 0.1) is 24.8 Å². The van der Waals surface area contributed by atoms with Gasteiger partial charge >= 0.3 is 0 Å². The lowest BCUT2D eigenvalue weighted by atomic mass is 10.1. The van der Waals surface area contributed by atoms with E-state index in [1.807, 2.05) is 6.07 Å². The Morgan fingerprint density at radius 2 is 2.03 bits per heavy atom. The zero-order chi connectivity index (χ0) is 20.4. The van der Waals surface area contributed by atoms with Crippen molar-refractivity contribution in [3.63, 3.8) is 0 Å². The number of nitrogens with one attached hydrogen (secondary N) is 1. The highest BCUT2D eigenvalue weighted by atomic mass is 32.2. The van der Waals surface area contributed by atoms with Crippen LogP contribution in [0.1, 0.15) is 21.7 Å². The van der Waals surface area contributed by atoms with E-state index in [0.717, 1.165) is 5.56 Å². The number of carbonyl (C=O) groups is 1. The first-order valence-corrected chi connectivity index (χ1v) is 10.7. The zero-order valence-corrected chi connectivity index (χ0v) is 16.6. The monoisotopic (exact) mass is 412 g/mol. The van der Waals surface area contributed by atoms with Gasteiger partial charge in [0.25, 0.3) is 5.91 Å². The number of sulfonamides is 1. The van der Waals surface area contributed by atoms with E-state index >= 15 is 0 Å². The number of furan rings is 1. The number of hydrogen-bond donors (Lipinski definition) is 1. The molecule has 3 aromatic rings. The third kappa shape index (κ3) is 4.12. The molecule has 8 heteroatoms. The molecule has 0 saturated heterocycles.